The van der Waals surface area contributed by atoms with Crippen molar-refractivity contribution in [2.45, 2.75) is 6.92 Å². The Morgan fingerprint density at radius 1 is 1.04 bits per heavy atom. The van der Waals surface area contributed by atoms with Crippen molar-refractivity contribution in [3.8, 4) is 22.6 Å². The Morgan fingerprint density at radius 3 is 2.85 bits per heavy atom. The van der Waals surface area contributed by atoms with Crippen LogP contribution < -0.4 is 5.73 Å². The van der Waals surface area contributed by atoms with Crippen LogP contribution in [0.5, 0.6) is 0 Å². The molecule has 26 heavy (non-hydrogen) atoms. The number of fused-ring (bicyclic) bond motifs is 2. The van der Waals surface area contributed by atoms with Gasteiger partial charge in [-0.25, -0.2) is 9.97 Å². The number of hydrogen-bond donors (Lipinski definition) is 1. The van der Waals surface area contributed by atoms with Gasteiger partial charge in [0.05, 0.1) is 27.1 Å². The van der Waals surface area contributed by atoms with E-state index in [1.807, 2.05) is 47.3 Å². The van der Waals surface area contributed by atoms with Gasteiger partial charge in [0.25, 0.3) is 0 Å². The molecule has 0 saturated carbocycles. The van der Waals surface area contributed by atoms with Crippen LogP contribution in [0.25, 0.3) is 38.6 Å². The Hall–Kier alpha value is -3.32. The summed E-state index contributed by atoms with van der Waals surface area (Å²) in [5, 5.41) is 0. The summed E-state index contributed by atoms with van der Waals surface area (Å²) in [7, 11) is 0. The standard InChI is InChI=1S/C19H14N6S/c1-11-3-2-4-14(22-11)17-18(25-8-7-16(20)23-19(25)24-17)12-5-6-13-15(9-12)26-10-21-13/h2-10H,1H3,(H2,20,23,24). The Morgan fingerprint density at radius 2 is 1.96 bits per heavy atom. The Bertz CT molecular complexity index is 1270. The van der Waals surface area contributed by atoms with E-state index in [4.69, 9.17) is 10.7 Å². The van der Waals surface area contributed by atoms with Gasteiger partial charge in [-0.15, -0.1) is 11.3 Å². The number of imidazole rings is 1. The molecule has 5 aromatic rings. The van der Waals surface area contributed by atoms with Crippen LogP contribution in [0.1, 0.15) is 5.69 Å². The highest BCUT2D eigenvalue weighted by molar-refractivity contribution is 7.16. The van der Waals surface area contributed by atoms with Crippen LogP contribution in [-0.2, 0) is 0 Å². The summed E-state index contributed by atoms with van der Waals surface area (Å²) in [6, 6.07) is 13.9. The first-order valence-corrected chi connectivity index (χ1v) is 8.99. The van der Waals surface area contributed by atoms with Gasteiger partial charge in [-0.05, 0) is 37.3 Å². The summed E-state index contributed by atoms with van der Waals surface area (Å²) in [5.41, 5.74) is 13.2. The summed E-state index contributed by atoms with van der Waals surface area (Å²) in [6.07, 6.45) is 1.90. The van der Waals surface area contributed by atoms with Crippen molar-refractivity contribution >= 4 is 33.1 Å². The molecular formula is C19H14N6S. The van der Waals surface area contributed by atoms with Gasteiger partial charge in [-0.3, -0.25) is 9.38 Å². The molecule has 0 atom stereocenters. The fourth-order valence-corrected chi connectivity index (χ4v) is 3.79. The van der Waals surface area contributed by atoms with E-state index in [1.54, 1.807) is 17.4 Å². The lowest BCUT2D eigenvalue weighted by molar-refractivity contribution is 1.12. The van der Waals surface area contributed by atoms with E-state index in [1.165, 1.54) is 0 Å². The highest BCUT2D eigenvalue weighted by Crippen LogP contribution is 2.34. The number of benzene rings is 1. The minimum Gasteiger partial charge on any atom is -0.384 e. The molecule has 7 heteroatoms. The summed E-state index contributed by atoms with van der Waals surface area (Å²) >= 11 is 1.62. The number of nitrogens with zero attached hydrogens (tertiary/aromatic N) is 5. The van der Waals surface area contributed by atoms with Gasteiger partial charge in [-0.1, -0.05) is 12.1 Å². The zero-order valence-electron chi connectivity index (χ0n) is 13.9. The molecule has 0 fully saturated rings. The first-order valence-electron chi connectivity index (χ1n) is 8.11. The molecule has 0 unspecified atom stereocenters. The Labute approximate surface area is 153 Å². The lowest BCUT2D eigenvalue weighted by Crippen LogP contribution is -1.95. The fraction of sp³-hybridized carbons (Fsp3) is 0.0526. The summed E-state index contributed by atoms with van der Waals surface area (Å²) in [5.74, 6) is 0.999. The number of aromatic nitrogens is 5. The zero-order chi connectivity index (χ0) is 17.7. The monoisotopic (exact) mass is 358 g/mol. The molecule has 5 rings (SSSR count). The molecule has 6 nitrogen and oxygen atoms in total. The lowest BCUT2D eigenvalue weighted by atomic mass is 10.1. The Balaban J connectivity index is 1.85. The van der Waals surface area contributed by atoms with Crippen molar-refractivity contribution in [2.24, 2.45) is 0 Å². The van der Waals surface area contributed by atoms with Gasteiger partial charge in [0.2, 0.25) is 5.78 Å². The molecule has 0 amide bonds. The molecule has 4 heterocycles. The van der Waals surface area contributed by atoms with Gasteiger partial charge >= 0.3 is 0 Å². The van der Waals surface area contributed by atoms with E-state index in [-0.39, 0.29) is 0 Å². The van der Waals surface area contributed by atoms with Crippen LogP contribution in [0.15, 0.2) is 54.2 Å². The number of aryl methyl sites for hydroxylation is 1. The molecule has 126 valence electrons. The summed E-state index contributed by atoms with van der Waals surface area (Å²) in [4.78, 5) is 18.1. The van der Waals surface area contributed by atoms with Crippen LogP contribution in [0.3, 0.4) is 0 Å². The second-order valence-electron chi connectivity index (χ2n) is 6.03. The molecule has 0 aliphatic carbocycles. The number of hydrogen-bond acceptors (Lipinski definition) is 6. The van der Waals surface area contributed by atoms with Crippen molar-refractivity contribution < 1.29 is 0 Å². The average molecular weight is 358 g/mol. The highest BCUT2D eigenvalue weighted by Gasteiger charge is 2.18. The van der Waals surface area contributed by atoms with Gasteiger partial charge in [0, 0.05) is 17.5 Å². The molecule has 0 spiro atoms. The smallest absolute Gasteiger partial charge is 0.236 e. The van der Waals surface area contributed by atoms with Crippen LogP contribution in [0.4, 0.5) is 5.82 Å². The first-order chi connectivity index (χ1) is 12.7. The maximum absolute atomic E-state index is 5.86. The molecule has 0 bridgehead atoms. The van der Waals surface area contributed by atoms with E-state index >= 15 is 0 Å². The van der Waals surface area contributed by atoms with Crippen LogP contribution in [-0.4, -0.2) is 24.3 Å². The predicted octanol–water partition coefficient (Wildman–Crippen LogP) is 3.96. The molecule has 2 N–H and O–H groups in total. The minimum absolute atomic E-state index is 0.440. The number of nitrogen functional groups attached to an aromatic ring is 1. The number of anilines is 1. The van der Waals surface area contributed by atoms with Crippen LogP contribution in [0.2, 0.25) is 0 Å². The third-order valence-corrected chi connectivity index (χ3v) is 5.04. The molecule has 0 aliphatic heterocycles. The average Bonchev–Trinajstić information content (AvgIpc) is 3.24. The van der Waals surface area contributed by atoms with Crippen molar-refractivity contribution in [1.82, 2.24) is 24.3 Å². The maximum atomic E-state index is 5.86. The summed E-state index contributed by atoms with van der Waals surface area (Å²) < 4.78 is 3.08. The number of thiazole rings is 1. The van der Waals surface area contributed by atoms with Gasteiger partial charge < -0.3 is 5.73 Å². The van der Waals surface area contributed by atoms with Crippen molar-refractivity contribution in [3.63, 3.8) is 0 Å². The van der Waals surface area contributed by atoms with E-state index in [0.717, 1.165) is 38.6 Å². The molecule has 1 aromatic carbocycles. The van der Waals surface area contributed by atoms with Crippen molar-refractivity contribution in [1.29, 1.82) is 0 Å². The second kappa shape index (κ2) is 5.60. The van der Waals surface area contributed by atoms with Crippen molar-refractivity contribution in [2.75, 3.05) is 5.73 Å². The number of nitrogens with two attached hydrogens (primary N) is 1. The number of rotatable bonds is 2. The predicted molar refractivity (Wildman–Crippen MR) is 104 cm³/mol. The minimum atomic E-state index is 0.440. The quantitative estimate of drug-likeness (QED) is 0.516. The highest BCUT2D eigenvalue weighted by atomic mass is 32.1. The van der Waals surface area contributed by atoms with E-state index in [2.05, 4.69) is 27.1 Å². The van der Waals surface area contributed by atoms with E-state index in [9.17, 15) is 0 Å². The van der Waals surface area contributed by atoms with Gasteiger partial charge in [0.15, 0.2) is 0 Å². The topological polar surface area (TPSA) is 82.0 Å². The van der Waals surface area contributed by atoms with Crippen LogP contribution in [0, 0.1) is 6.92 Å². The molecular weight excluding hydrogens is 344 g/mol. The third-order valence-electron chi connectivity index (χ3n) is 4.25. The number of pyridine rings is 1. The van der Waals surface area contributed by atoms with E-state index < -0.39 is 0 Å². The lowest BCUT2D eigenvalue weighted by Gasteiger charge is -2.06. The first kappa shape index (κ1) is 15.0. The molecule has 0 radical (unpaired) electrons. The molecule has 0 saturated heterocycles. The normalized spacial score (nSPS) is 11.4. The van der Waals surface area contributed by atoms with Gasteiger partial charge in [0.1, 0.15) is 11.5 Å². The summed E-state index contributed by atoms with van der Waals surface area (Å²) in [6.45, 7) is 1.97. The maximum Gasteiger partial charge on any atom is 0.236 e. The van der Waals surface area contributed by atoms with E-state index in [0.29, 0.717) is 11.6 Å². The van der Waals surface area contributed by atoms with Gasteiger partial charge in [-0.2, -0.15) is 4.98 Å². The third kappa shape index (κ3) is 2.33. The largest absolute Gasteiger partial charge is 0.384 e. The molecule has 0 aliphatic rings. The second-order valence-corrected chi connectivity index (χ2v) is 6.92. The fourth-order valence-electron chi connectivity index (χ4n) is 3.08. The SMILES string of the molecule is Cc1cccc(-c2nc3nc(N)ccn3c2-c2ccc3ncsc3c2)n1. The molecule has 4 aromatic heterocycles. The Kier molecular flexibility index (Phi) is 3.23. The van der Waals surface area contributed by atoms with Crippen LogP contribution >= 0.6 is 11.3 Å². The van der Waals surface area contributed by atoms with Crippen molar-refractivity contribution in [3.05, 3.63) is 59.9 Å². The zero-order valence-corrected chi connectivity index (χ0v) is 14.7.